The van der Waals surface area contributed by atoms with Crippen molar-refractivity contribution < 1.29 is 14.6 Å². The molecule has 1 heterocycles. The molecule has 1 aliphatic heterocycles. The van der Waals surface area contributed by atoms with Crippen molar-refractivity contribution in [1.29, 1.82) is 0 Å². The molecule has 0 radical (unpaired) electrons. The molecule has 3 heteroatoms. The molecule has 0 saturated heterocycles. The molecular formula is C16H16O3. The number of carbonyl (C=O) groups is 1. The Morgan fingerprint density at radius 1 is 1.47 bits per heavy atom. The third-order valence-electron chi connectivity index (χ3n) is 3.79. The Labute approximate surface area is 112 Å². The highest BCUT2D eigenvalue weighted by Crippen LogP contribution is 2.34. The minimum absolute atomic E-state index is 0.0593. The highest BCUT2D eigenvalue weighted by Gasteiger charge is 2.23. The molecule has 2 unspecified atom stereocenters. The van der Waals surface area contributed by atoms with Gasteiger partial charge in [-0.1, -0.05) is 36.4 Å². The lowest BCUT2D eigenvalue weighted by Crippen LogP contribution is -2.20. The van der Waals surface area contributed by atoms with Gasteiger partial charge in [0.15, 0.2) is 0 Å². The summed E-state index contributed by atoms with van der Waals surface area (Å²) in [5.74, 6) is -1.27. The maximum Gasteiger partial charge on any atom is 0.310 e. The van der Waals surface area contributed by atoms with Crippen LogP contribution in [0, 0.1) is 0 Å². The predicted molar refractivity (Wildman–Crippen MR) is 73.9 cm³/mol. The monoisotopic (exact) mass is 256 g/mol. The zero-order valence-corrected chi connectivity index (χ0v) is 10.8. The standard InChI is InChI=1S/C16H16O3/c1-10(16(17)18)11-4-6-13-12(9-11)5-7-15-14(13)3-2-8-19-15/h3-7,9-10,15H,2,8H2,1H3,(H,17,18). The molecule has 1 aromatic rings. The number of carboxylic acids is 1. The van der Waals surface area contributed by atoms with Crippen LogP contribution in [0.1, 0.15) is 36.0 Å². The van der Waals surface area contributed by atoms with E-state index in [0.717, 1.165) is 29.7 Å². The zero-order valence-electron chi connectivity index (χ0n) is 10.8. The molecule has 0 amide bonds. The van der Waals surface area contributed by atoms with Gasteiger partial charge in [0.1, 0.15) is 6.10 Å². The van der Waals surface area contributed by atoms with Crippen molar-refractivity contribution in [2.75, 3.05) is 6.61 Å². The lowest BCUT2D eigenvalue weighted by atomic mass is 9.86. The fraction of sp³-hybridized carbons (Fsp3) is 0.312. The Hall–Kier alpha value is -1.87. The van der Waals surface area contributed by atoms with Crippen LogP contribution in [-0.2, 0) is 9.53 Å². The highest BCUT2D eigenvalue weighted by molar-refractivity contribution is 5.84. The van der Waals surface area contributed by atoms with Crippen molar-refractivity contribution in [3.63, 3.8) is 0 Å². The second kappa shape index (κ2) is 4.67. The number of hydrogen-bond acceptors (Lipinski definition) is 2. The van der Waals surface area contributed by atoms with Gasteiger partial charge in [-0.3, -0.25) is 4.79 Å². The summed E-state index contributed by atoms with van der Waals surface area (Å²) in [7, 11) is 0. The molecule has 0 fully saturated rings. The van der Waals surface area contributed by atoms with Crippen molar-refractivity contribution in [3.8, 4) is 0 Å². The van der Waals surface area contributed by atoms with Crippen molar-refractivity contribution >= 4 is 17.6 Å². The molecule has 0 spiro atoms. The van der Waals surface area contributed by atoms with Crippen LogP contribution in [0.4, 0.5) is 0 Å². The van der Waals surface area contributed by atoms with Gasteiger partial charge in [-0.15, -0.1) is 0 Å². The van der Waals surface area contributed by atoms with Crippen LogP contribution >= 0.6 is 0 Å². The number of benzene rings is 1. The van der Waals surface area contributed by atoms with E-state index in [1.165, 1.54) is 5.57 Å². The summed E-state index contributed by atoms with van der Waals surface area (Å²) in [4.78, 5) is 11.0. The number of hydrogen-bond donors (Lipinski definition) is 1. The van der Waals surface area contributed by atoms with E-state index in [1.54, 1.807) is 6.92 Å². The number of ether oxygens (including phenoxy) is 1. The summed E-state index contributed by atoms with van der Waals surface area (Å²) in [6, 6.07) is 5.89. The fourth-order valence-electron chi connectivity index (χ4n) is 2.62. The van der Waals surface area contributed by atoms with Crippen molar-refractivity contribution in [2.24, 2.45) is 0 Å². The quantitative estimate of drug-likeness (QED) is 0.884. The smallest absolute Gasteiger partial charge is 0.310 e. The number of carboxylic acid groups (broad SMARTS) is 1. The summed E-state index contributed by atoms with van der Waals surface area (Å²) >= 11 is 0. The van der Waals surface area contributed by atoms with Gasteiger partial charge < -0.3 is 9.84 Å². The Kier molecular flexibility index (Phi) is 2.99. The molecule has 2 atom stereocenters. The molecule has 3 nitrogen and oxygen atoms in total. The molecule has 1 N–H and O–H groups in total. The van der Waals surface area contributed by atoms with Crippen LogP contribution in [0.5, 0.6) is 0 Å². The first kappa shape index (κ1) is 12.2. The Morgan fingerprint density at radius 2 is 2.32 bits per heavy atom. The summed E-state index contributed by atoms with van der Waals surface area (Å²) < 4.78 is 5.71. The molecule has 1 aliphatic carbocycles. The third kappa shape index (κ3) is 2.10. The summed E-state index contributed by atoms with van der Waals surface area (Å²) in [6.45, 7) is 2.48. The van der Waals surface area contributed by atoms with E-state index >= 15 is 0 Å². The van der Waals surface area contributed by atoms with Gasteiger partial charge in [0.05, 0.1) is 12.5 Å². The Balaban J connectivity index is 2.03. The molecule has 98 valence electrons. The average molecular weight is 256 g/mol. The van der Waals surface area contributed by atoms with Gasteiger partial charge in [-0.2, -0.15) is 0 Å². The normalized spacial score (nSPS) is 22.2. The third-order valence-corrected chi connectivity index (χ3v) is 3.79. The van der Waals surface area contributed by atoms with E-state index in [1.807, 2.05) is 30.4 Å². The first-order chi connectivity index (χ1) is 9.16. The van der Waals surface area contributed by atoms with E-state index < -0.39 is 11.9 Å². The molecule has 3 rings (SSSR count). The summed E-state index contributed by atoms with van der Waals surface area (Å²) in [6.07, 6.45) is 7.29. The minimum Gasteiger partial charge on any atom is -0.481 e. The predicted octanol–water partition coefficient (Wildman–Crippen LogP) is 3.07. The second-order valence-corrected chi connectivity index (χ2v) is 5.01. The van der Waals surface area contributed by atoms with E-state index in [4.69, 9.17) is 9.84 Å². The van der Waals surface area contributed by atoms with E-state index in [2.05, 4.69) is 6.08 Å². The average Bonchev–Trinajstić information content (AvgIpc) is 2.45. The van der Waals surface area contributed by atoms with E-state index in [-0.39, 0.29) is 6.10 Å². The number of rotatable bonds is 2. The first-order valence-corrected chi connectivity index (χ1v) is 6.54. The van der Waals surface area contributed by atoms with Crippen LogP contribution in [-0.4, -0.2) is 23.8 Å². The van der Waals surface area contributed by atoms with Gasteiger partial charge in [0.2, 0.25) is 0 Å². The van der Waals surface area contributed by atoms with Gasteiger partial charge in [-0.25, -0.2) is 0 Å². The molecule has 1 aromatic carbocycles. The van der Waals surface area contributed by atoms with Gasteiger partial charge >= 0.3 is 5.97 Å². The molecule has 0 bridgehead atoms. The van der Waals surface area contributed by atoms with Crippen LogP contribution < -0.4 is 0 Å². The zero-order chi connectivity index (χ0) is 13.4. The van der Waals surface area contributed by atoms with Gasteiger partial charge in [0.25, 0.3) is 0 Å². The largest absolute Gasteiger partial charge is 0.481 e. The lowest BCUT2D eigenvalue weighted by molar-refractivity contribution is -0.138. The van der Waals surface area contributed by atoms with Crippen LogP contribution in [0.2, 0.25) is 0 Å². The van der Waals surface area contributed by atoms with Gasteiger partial charge in [0, 0.05) is 0 Å². The van der Waals surface area contributed by atoms with Crippen LogP contribution in [0.15, 0.2) is 30.4 Å². The first-order valence-electron chi connectivity index (χ1n) is 6.54. The molecule has 0 saturated carbocycles. The minimum atomic E-state index is -0.794. The van der Waals surface area contributed by atoms with E-state index in [9.17, 15) is 4.79 Å². The molecule has 2 aliphatic rings. The molecular weight excluding hydrogens is 240 g/mol. The Morgan fingerprint density at radius 3 is 3.11 bits per heavy atom. The molecule has 0 aromatic heterocycles. The number of fused-ring (bicyclic) bond motifs is 3. The summed E-state index contributed by atoms with van der Waals surface area (Å²) in [5, 5.41) is 9.08. The van der Waals surface area contributed by atoms with E-state index in [0.29, 0.717) is 0 Å². The molecule has 19 heavy (non-hydrogen) atoms. The van der Waals surface area contributed by atoms with Crippen LogP contribution in [0.3, 0.4) is 0 Å². The fourth-order valence-corrected chi connectivity index (χ4v) is 2.62. The van der Waals surface area contributed by atoms with Crippen molar-refractivity contribution in [3.05, 3.63) is 47.0 Å². The van der Waals surface area contributed by atoms with Crippen molar-refractivity contribution in [2.45, 2.75) is 25.4 Å². The lowest BCUT2D eigenvalue weighted by Gasteiger charge is -2.27. The van der Waals surface area contributed by atoms with Crippen molar-refractivity contribution in [1.82, 2.24) is 0 Å². The van der Waals surface area contributed by atoms with Gasteiger partial charge in [-0.05, 0) is 35.6 Å². The maximum atomic E-state index is 11.0. The second-order valence-electron chi connectivity index (χ2n) is 5.01. The summed E-state index contributed by atoms with van der Waals surface area (Å²) in [5.41, 5.74) is 4.29. The topological polar surface area (TPSA) is 46.5 Å². The maximum absolute atomic E-state index is 11.0. The highest BCUT2D eigenvalue weighted by atomic mass is 16.5. The SMILES string of the molecule is CC(C(=O)O)c1ccc2c(c1)C=CC1OCCC=C21. The van der Waals surface area contributed by atoms with Crippen LogP contribution in [0.25, 0.3) is 11.6 Å². The number of aliphatic carboxylic acids is 1. The Bertz CT molecular complexity index is 584.